The van der Waals surface area contributed by atoms with Gasteiger partial charge in [-0.2, -0.15) is 0 Å². The van der Waals surface area contributed by atoms with Crippen LogP contribution in [0.15, 0.2) is 47.5 Å². The number of amides is 1. The van der Waals surface area contributed by atoms with Crippen molar-refractivity contribution in [2.45, 2.75) is 27.2 Å². The molecule has 0 radical (unpaired) electrons. The molecule has 24 heavy (non-hydrogen) atoms. The summed E-state index contributed by atoms with van der Waals surface area (Å²) in [5, 5.41) is 0. The quantitative estimate of drug-likeness (QED) is 0.806. The minimum Gasteiger partial charge on any atom is -0.306 e. The Bertz CT molecular complexity index is 811. The van der Waals surface area contributed by atoms with Crippen molar-refractivity contribution in [2.24, 2.45) is 10.9 Å². The molecule has 0 fully saturated rings. The number of halogens is 1. The van der Waals surface area contributed by atoms with Crippen molar-refractivity contribution in [1.82, 2.24) is 0 Å². The average molecular weight is 324 g/mol. The average Bonchev–Trinajstić information content (AvgIpc) is 2.81. The minimum atomic E-state index is -0.313. The van der Waals surface area contributed by atoms with E-state index < -0.39 is 0 Å². The third-order valence-corrected chi connectivity index (χ3v) is 4.22. The van der Waals surface area contributed by atoms with Gasteiger partial charge in [0.2, 0.25) is 0 Å². The SMILES string of the molecule is Cc1ccc(N=C2C(=O)N(CCC(C)C)c3ccccc32)cc1F. The molecule has 0 aliphatic carbocycles. The summed E-state index contributed by atoms with van der Waals surface area (Å²) in [6.07, 6.45) is 0.923. The van der Waals surface area contributed by atoms with Crippen LogP contribution in [0.3, 0.4) is 0 Å². The van der Waals surface area contributed by atoms with Crippen molar-refractivity contribution in [3.8, 4) is 0 Å². The normalized spacial score (nSPS) is 15.5. The highest BCUT2D eigenvalue weighted by Crippen LogP contribution is 2.31. The van der Waals surface area contributed by atoms with Gasteiger partial charge in [-0.3, -0.25) is 4.79 Å². The third kappa shape index (κ3) is 3.09. The second kappa shape index (κ2) is 6.56. The number of carbonyl (C=O) groups excluding carboxylic acids is 1. The largest absolute Gasteiger partial charge is 0.306 e. The van der Waals surface area contributed by atoms with Gasteiger partial charge in [-0.15, -0.1) is 0 Å². The monoisotopic (exact) mass is 324 g/mol. The van der Waals surface area contributed by atoms with Gasteiger partial charge in [0.05, 0.1) is 11.4 Å². The molecule has 0 aromatic heterocycles. The van der Waals surface area contributed by atoms with Gasteiger partial charge >= 0.3 is 0 Å². The van der Waals surface area contributed by atoms with Crippen molar-refractivity contribution < 1.29 is 9.18 Å². The lowest BCUT2D eigenvalue weighted by atomic mass is 10.1. The molecule has 3 rings (SSSR count). The number of aryl methyl sites for hydroxylation is 1. The predicted octanol–water partition coefficient (Wildman–Crippen LogP) is 4.65. The van der Waals surface area contributed by atoms with E-state index in [4.69, 9.17) is 0 Å². The topological polar surface area (TPSA) is 32.7 Å². The lowest BCUT2D eigenvalue weighted by Crippen LogP contribution is -2.31. The summed E-state index contributed by atoms with van der Waals surface area (Å²) < 4.78 is 13.8. The highest BCUT2D eigenvalue weighted by atomic mass is 19.1. The van der Waals surface area contributed by atoms with Crippen molar-refractivity contribution in [3.63, 3.8) is 0 Å². The Hall–Kier alpha value is -2.49. The molecule has 0 N–H and O–H groups in total. The van der Waals surface area contributed by atoms with E-state index in [1.807, 2.05) is 24.3 Å². The minimum absolute atomic E-state index is 0.113. The molecule has 2 aromatic rings. The standard InChI is InChI=1S/C20H21FN2O/c1-13(2)10-11-23-18-7-5-4-6-16(18)19(20(23)24)22-15-9-8-14(3)17(21)12-15/h4-9,12-13H,10-11H2,1-3H3. The zero-order valence-corrected chi connectivity index (χ0v) is 14.2. The van der Waals surface area contributed by atoms with E-state index in [0.717, 1.165) is 17.7 Å². The summed E-state index contributed by atoms with van der Waals surface area (Å²) in [6, 6.07) is 12.4. The Morgan fingerprint density at radius 2 is 1.92 bits per heavy atom. The summed E-state index contributed by atoms with van der Waals surface area (Å²) in [7, 11) is 0. The molecule has 0 spiro atoms. The molecule has 0 saturated carbocycles. The van der Waals surface area contributed by atoms with Crippen LogP contribution in [0.2, 0.25) is 0 Å². The molecule has 4 heteroatoms. The summed E-state index contributed by atoms with van der Waals surface area (Å²) in [5.41, 5.74) is 3.11. The Labute approximate surface area is 141 Å². The lowest BCUT2D eigenvalue weighted by Gasteiger charge is -2.17. The van der Waals surface area contributed by atoms with Gasteiger partial charge in [0.25, 0.3) is 5.91 Å². The predicted molar refractivity (Wildman–Crippen MR) is 95.6 cm³/mol. The molecule has 124 valence electrons. The van der Waals surface area contributed by atoms with E-state index >= 15 is 0 Å². The number of hydrogen-bond acceptors (Lipinski definition) is 2. The number of benzene rings is 2. The molecule has 3 nitrogen and oxygen atoms in total. The molecule has 2 aromatic carbocycles. The van der Waals surface area contributed by atoms with Gasteiger partial charge in [0, 0.05) is 12.1 Å². The number of anilines is 1. The van der Waals surface area contributed by atoms with Crippen LogP contribution < -0.4 is 4.90 Å². The molecular weight excluding hydrogens is 303 g/mol. The highest BCUT2D eigenvalue weighted by Gasteiger charge is 2.33. The number of rotatable bonds is 4. The molecule has 1 heterocycles. The Morgan fingerprint density at radius 1 is 1.17 bits per heavy atom. The van der Waals surface area contributed by atoms with E-state index in [0.29, 0.717) is 29.4 Å². The molecule has 1 aliphatic heterocycles. The van der Waals surface area contributed by atoms with Crippen molar-refractivity contribution in [3.05, 3.63) is 59.4 Å². The van der Waals surface area contributed by atoms with Crippen LogP contribution in [0.4, 0.5) is 15.8 Å². The van der Waals surface area contributed by atoms with Crippen LogP contribution in [0.25, 0.3) is 0 Å². The van der Waals surface area contributed by atoms with Crippen molar-refractivity contribution in [2.75, 3.05) is 11.4 Å². The lowest BCUT2D eigenvalue weighted by molar-refractivity contribution is -0.112. The van der Waals surface area contributed by atoms with E-state index in [2.05, 4.69) is 18.8 Å². The number of hydrogen-bond donors (Lipinski definition) is 0. The number of carbonyl (C=O) groups is 1. The van der Waals surface area contributed by atoms with Gasteiger partial charge in [0.1, 0.15) is 11.5 Å². The van der Waals surface area contributed by atoms with Crippen LogP contribution in [0.1, 0.15) is 31.4 Å². The number of aliphatic imine (C=N–C) groups is 1. The van der Waals surface area contributed by atoms with E-state index in [1.165, 1.54) is 6.07 Å². The fraction of sp³-hybridized carbons (Fsp3) is 0.300. The molecule has 1 amide bonds. The number of fused-ring (bicyclic) bond motifs is 1. The Morgan fingerprint density at radius 3 is 2.62 bits per heavy atom. The fourth-order valence-electron chi connectivity index (χ4n) is 2.76. The zero-order valence-electron chi connectivity index (χ0n) is 14.2. The van der Waals surface area contributed by atoms with Crippen LogP contribution in [-0.4, -0.2) is 18.2 Å². The van der Waals surface area contributed by atoms with Gasteiger partial charge < -0.3 is 4.90 Å². The first-order valence-electron chi connectivity index (χ1n) is 8.23. The Kier molecular flexibility index (Phi) is 4.47. The maximum atomic E-state index is 13.8. The summed E-state index contributed by atoms with van der Waals surface area (Å²) >= 11 is 0. The van der Waals surface area contributed by atoms with E-state index in [1.54, 1.807) is 24.0 Å². The molecule has 0 saturated heterocycles. The second-order valence-corrected chi connectivity index (χ2v) is 6.55. The maximum Gasteiger partial charge on any atom is 0.277 e. The second-order valence-electron chi connectivity index (χ2n) is 6.55. The Balaban J connectivity index is 2.00. The first-order chi connectivity index (χ1) is 11.5. The molecule has 0 atom stereocenters. The maximum absolute atomic E-state index is 13.8. The third-order valence-electron chi connectivity index (χ3n) is 4.22. The molecule has 0 unspecified atom stereocenters. The van der Waals surface area contributed by atoms with E-state index in [9.17, 15) is 9.18 Å². The molecule has 1 aliphatic rings. The van der Waals surface area contributed by atoms with Crippen molar-refractivity contribution in [1.29, 1.82) is 0 Å². The first kappa shape index (κ1) is 16.4. The van der Waals surface area contributed by atoms with Gasteiger partial charge in [0.15, 0.2) is 0 Å². The summed E-state index contributed by atoms with van der Waals surface area (Å²) in [4.78, 5) is 19.1. The van der Waals surface area contributed by atoms with Gasteiger partial charge in [-0.1, -0.05) is 38.1 Å². The van der Waals surface area contributed by atoms with Crippen LogP contribution in [0, 0.1) is 18.7 Å². The first-order valence-corrected chi connectivity index (χ1v) is 8.23. The van der Waals surface area contributed by atoms with Gasteiger partial charge in [-0.25, -0.2) is 9.38 Å². The number of nitrogens with zero attached hydrogens (tertiary/aromatic N) is 2. The smallest absolute Gasteiger partial charge is 0.277 e. The van der Waals surface area contributed by atoms with E-state index in [-0.39, 0.29) is 11.7 Å². The van der Waals surface area contributed by atoms with Crippen LogP contribution in [0.5, 0.6) is 0 Å². The summed E-state index contributed by atoms with van der Waals surface area (Å²) in [6.45, 7) is 6.64. The van der Waals surface area contributed by atoms with Crippen LogP contribution in [-0.2, 0) is 4.79 Å². The zero-order chi connectivity index (χ0) is 17.3. The highest BCUT2D eigenvalue weighted by molar-refractivity contribution is 6.54. The molecule has 0 bridgehead atoms. The summed E-state index contributed by atoms with van der Waals surface area (Å²) in [5.74, 6) is 0.0854. The van der Waals surface area contributed by atoms with Crippen molar-refractivity contribution >= 4 is 23.0 Å². The van der Waals surface area contributed by atoms with Crippen LogP contribution >= 0.6 is 0 Å². The fourth-order valence-corrected chi connectivity index (χ4v) is 2.76. The number of para-hydroxylation sites is 1. The molecular formula is C20H21FN2O. The van der Waals surface area contributed by atoms with Gasteiger partial charge in [-0.05, 0) is 43.0 Å².